The van der Waals surface area contributed by atoms with Crippen molar-refractivity contribution in [2.45, 2.75) is 13.0 Å². The average Bonchev–Trinajstić information content (AvgIpc) is 2.79. The zero-order valence-corrected chi connectivity index (χ0v) is 19.0. The molecule has 2 heterocycles. The lowest BCUT2D eigenvalue weighted by molar-refractivity contribution is -0.136. The molecule has 2 amide bonds. The predicted octanol–water partition coefficient (Wildman–Crippen LogP) is 3.25. The number of carbonyl (C=O) groups excluding carboxylic acids is 2. The Kier molecular flexibility index (Phi) is 6.67. The van der Waals surface area contributed by atoms with E-state index < -0.39 is 12.0 Å². The Hall–Kier alpha value is -3.03. The van der Waals surface area contributed by atoms with Gasteiger partial charge in [-0.2, -0.15) is 0 Å². The van der Waals surface area contributed by atoms with Crippen LogP contribution in [0.3, 0.4) is 0 Å². The maximum Gasteiger partial charge on any atom is 0.338 e. The van der Waals surface area contributed by atoms with Crippen molar-refractivity contribution in [1.29, 1.82) is 0 Å². The van der Waals surface area contributed by atoms with Crippen molar-refractivity contribution in [3.63, 3.8) is 0 Å². The number of urea groups is 1. The molecule has 0 radical (unpaired) electrons. The Balaban J connectivity index is 1.55. The van der Waals surface area contributed by atoms with Crippen molar-refractivity contribution in [2.24, 2.45) is 0 Å². The number of carbonyl (C=O) groups is 2. The van der Waals surface area contributed by atoms with Gasteiger partial charge in [-0.15, -0.1) is 0 Å². The van der Waals surface area contributed by atoms with Crippen molar-refractivity contribution in [3.8, 4) is 0 Å². The van der Waals surface area contributed by atoms with E-state index in [1.54, 1.807) is 18.2 Å². The molecule has 32 heavy (non-hydrogen) atoms. The SMILES string of the molecule is COC(=O)C1=C(CN2CCN(c3ccccc3C)CC2)NC(=O)N[C@H]1c1cccc(Cl)c1. The standard InChI is InChI=1S/C24H27ClN4O3/c1-16-6-3-4-9-20(16)29-12-10-28(11-13-29)15-19-21(23(30)32-2)22(27-24(31)26-19)17-7-5-8-18(25)14-17/h3-9,14,22H,10-13,15H2,1-2H3,(H2,26,27,31)/t22-/m0/s1. The summed E-state index contributed by atoms with van der Waals surface area (Å²) in [5.41, 5.74) is 4.20. The molecule has 8 heteroatoms. The highest BCUT2D eigenvalue weighted by molar-refractivity contribution is 6.30. The van der Waals surface area contributed by atoms with E-state index in [2.05, 4.69) is 45.6 Å². The van der Waals surface area contributed by atoms with Gasteiger partial charge in [-0.3, -0.25) is 4.90 Å². The second-order valence-electron chi connectivity index (χ2n) is 8.02. The summed E-state index contributed by atoms with van der Waals surface area (Å²) < 4.78 is 5.07. The third-order valence-electron chi connectivity index (χ3n) is 5.95. The number of methoxy groups -OCH3 is 1. The Morgan fingerprint density at radius 3 is 2.56 bits per heavy atom. The third-order valence-corrected chi connectivity index (χ3v) is 6.19. The van der Waals surface area contributed by atoms with Gasteiger partial charge in [0.2, 0.25) is 0 Å². The fourth-order valence-corrected chi connectivity index (χ4v) is 4.52. The van der Waals surface area contributed by atoms with Gasteiger partial charge in [0, 0.05) is 49.1 Å². The van der Waals surface area contributed by atoms with Crippen LogP contribution in [0.4, 0.5) is 10.5 Å². The van der Waals surface area contributed by atoms with Crippen molar-refractivity contribution in [1.82, 2.24) is 15.5 Å². The molecule has 2 aromatic carbocycles. The molecule has 2 N–H and O–H groups in total. The van der Waals surface area contributed by atoms with Crippen LogP contribution in [-0.4, -0.2) is 56.7 Å². The van der Waals surface area contributed by atoms with Crippen LogP contribution in [0.2, 0.25) is 5.02 Å². The Morgan fingerprint density at radius 2 is 1.88 bits per heavy atom. The van der Waals surface area contributed by atoms with Crippen molar-refractivity contribution < 1.29 is 14.3 Å². The van der Waals surface area contributed by atoms with Gasteiger partial charge in [0.1, 0.15) is 0 Å². The van der Waals surface area contributed by atoms with Gasteiger partial charge < -0.3 is 20.3 Å². The number of benzene rings is 2. The molecule has 1 atom stereocenters. The number of esters is 1. The maximum atomic E-state index is 12.7. The van der Waals surface area contributed by atoms with Gasteiger partial charge in [0.05, 0.1) is 18.7 Å². The number of hydrogen-bond donors (Lipinski definition) is 2. The topological polar surface area (TPSA) is 73.9 Å². The highest BCUT2D eigenvalue weighted by atomic mass is 35.5. The second-order valence-corrected chi connectivity index (χ2v) is 8.46. The number of ether oxygens (including phenoxy) is 1. The summed E-state index contributed by atoms with van der Waals surface area (Å²) in [5.74, 6) is -0.476. The highest BCUT2D eigenvalue weighted by Crippen LogP contribution is 2.30. The Labute approximate surface area is 193 Å². The molecule has 0 bridgehead atoms. The van der Waals surface area contributed by atoms with Gasteiger partial charge in [-0.05, 0) is 36.2 Å². The zero-order valence-electron chi connectivity index (χ0n) is 18.2. The van der Waals surface area contributed by atoms with E-state index in [1.807, 2.05) is 12.1 Å². The number of hydrogen-bond acceptors (Lipinski definition) is 5. The van der Waals surface area contributed by atoms with E-state index >= 15 is 0 Å². The molecule has 2 aliphatic heterocycles. The molecule has 1 saturated heterocycles. The summed E-state index contributed by atoms with van der Waals surface area (Å²) >= 11 is 6.16. The molecule has 0 aromatic heterocycles. The molecule has 2 aromatic rings. The maximum absolute atomic E-state index is 12.7. The molecule has 2 aliphatic rings. The number of aryl methyl sites for hydroxylation is 1. The lowest BCUT2D eigenvalue weighted by atomic mass is 9.95. The fourth-order valence-electron chi connectivity index (χ4n) is 4.32. The van der Waals surface area contributed by atoms with Crippen LogP contribution < -0.4 is 15.5 Å². The largest absolute Gasteiger partial charge is 0.466 e. The third kappa shape index (κ3) is 4.74. The smallest absolute Gasteiger partial charge is 0.338 e. The molecule has 1 fully saturated rings. The number of anilines is 1. The minimum atomic E-state index is -0.627. The van der Waals surface area contributed by atoms with Gasteiger partial charge in [-0.1, -0.05) is 41.9 Å². The molecule has 0 unspecified atom stereocenters. The van der Waals surface area contributed by atoms with E-state index in [9.17, 15) is 9.59 Å². The first-order valence-electron chi connectivity index (χ1n) is 10.6. The van der Waals surface area contributed by atoms with E-state index in [-0.39, 0.29) is 6.03 Å². The molecule has 0 saturated carbocycles. The number of nitrogens with zero attached hydrogens (tertiary/aromatic N) is 2. The minimum Gasteiger partial charge on any atom is -0.466 e. The molecule has 7 nitrogen and oxygen atoms in total. The fraction of sp³-hybridized carbons (Fsp3) is 0.333. The number of rotatable bonds is 5. The summed E-state index contributed by atoms with van der Waals surface area (Å²) in [6, 6.07) is 14.5. The summed E-state index contributed by atoms with van der Waals surface area (Å²) in [6.07, 6.45) is 0. The van der Waals surface area contributed by atoms with Crippen LogP contribution in [0.1, 0.15) is 17.2 Å². The van der Waals surface area contributed by atoms with Gasteiger partial charge in [-0.25, -0.2) is 9.59 Å². The van der Waals surface area contributed by atoms with E-state index in [1.165, 1.54) is 18.4 Å². The molecular formula is C24H27ClN4O3. The number of nitrogens with one attached hydrogen (secondary N) is 2. The number of halogens is 1. The van der Waals surface area contributed by atoms with Crippen LogP contribution in [0, 0.1) is 6.92 Å². The number of piperazine rings is 1. The summed E-state index contributed by atoms with van der Waals surface area (Å²) in [6.45, 7) is 5.95. The summed E-state index contributed by atoms with van der Waals surface area (Å²) in [5, 5.41) is 6.20. The van der Waals surface area contributed by atoms with Crippen molar-refractivity contribution in [3.05, 3.63) is 76.0 Å². The molecule has 0 aliphatic carbocycles. The molecule has 168 valence electrons. The summed E-state index contributed by atoms with van der Waals surface area (Å²) in [4.78, 5) is 29.8. The van der Waals surface area contributed by atoms with Gasteiger partial charge >= 0.3 is 12.0 Å². The predicted molar refractivity (Wildman–Crippen MR) is 125 cm³/mol. The van der Waals surface area contributed by atoms with Crippen molar-refractivity contribution >= 4 is 29.3 Å². The second kappa shape index (κ2) is 9.63. The van der Waals surface area contributed by atoms with E-state index in [0.29, 0.717) is 22.8 Å². The lowest BCUT2D eigenvalue weighted by Gasteiger charge is -2.38. The first-order chi connectivity index (χ1) is 15.5. The number of para-hydroxylation sites is 1. The molecule has 0 spiro atoms. The van der Waals surface area contributed by atoms with Crippen LogP contribution >= 0.6 is 11.6 Å². The van der Waals surface area contributed by atoms with Crippen LogP contribution in [0.25, 0.3) is 0 Å². The monoisotopic (exact) mass is 454 g/mol. The van der Waals surface area contributed by atoms with Crippen molar-refractivity contribution in [2.75, 3.05) is 44.7 Å². The van der Waals surface area contributed by atoms with Crippen LogP contribution in [-0.2, 0) is 9.53 Å². The Bertz CT molecular complexity index is 1050. The molecular weight excluding hydrogens is 428 g/mol. The first-order valence-corrected chi connectivity index (χ1v) is 11.0. The number of amides is 2. The van der Waals surface area contributed by atoms with E-state index in [4.69, 9.17) is 16.3 Å². The first kappa shape index (κ1) is 22.2. The summed E-state index contributed by atoms with van der Waals surface area (Å²) in [7, 11) is 1.35. The van der Waals surface area contributed by atoms with Crippen LogP contribution in [0.15, 0.2) is 59.8 Å². The molecule has 4 rings (SSSR count). The van der Waals surface area contributed by atoms with Crippen LogP contribution in [0.5, 0.6) is 0 Å². The quantitative estimate of drug-likeness (QED) is 0.678. The average molecular weight is 455 g/mol. The highest BCUT2D eigenvalue weighted by Gasteiger charge is 2.34. The van der Waals surface area contributed by atoms with E-state index in [0.717, 1.165) is 31.7 Å². The Morgan fingerprint density at radius 1 is 1.12 bits per heavy atom. The zero-order chi connectivity index (χ0) is 22.7. The normalized spacial score (nSPS) is 19.4. The minimum absolute atomic E-state index is 0.351. The lowest BCUT2D eigenvalue weighted by Crippen LogP contribution is -2.51. The van der Waals surface area contributed by atoms with Gasteiger partial charge in [0.25, 0.3) is 0 Å². The van der Waals surface area contributed by atoms with Gasteiger partial charge in [0.15, 0.2) is 0 Å².